The Balaban J connectivity index is 2.40. The van der Waals surface area contributed by atoms with Gasteiger partial charge in [-0.3, -0.25) is 10.1 Å². The number of nitro benzene ring substituents is 1. The Hall–Kier alpha value is -1.46. The Morgan fingerprint density at radius 2 is 2.06 bits per heavy atom. The van der Waals surface area contributed by atoms with Gasteiger partial charge in [0.05, 0.1) is 11.0 Å². The topological polar surface area (TPSA) is 75.4 Å². The summed E-state index contributed by atoms with van der Waals surface area (Å²) in [6, 6.07) is 6.38. The van der Waals surface area contributed by atoms with Crippen molar-refractivity contribution in [3.05, 3.63) is 39.9 Å². The molecule has 0 radical (unpaired) electrons. The molecule has 2 N–H and O–H groups in total. The van der Waals surface area contributed by atoms with E-state index in [1.54, 1.807) is 12.1 Å². The van der Waals surface area contributed by atoms with Crippen LogP contribution in [0.4, 0.5) is 5.69 Å². The summed E-state index contributed by atoms with van der Waals surface area (Å²) in [5.41, 5.74) is 1.06. The Morgan fingerprint density at radius 1 is 1.44 bits per heavy atom. The molecule has 0 amide bonds. The van der Waals surface area contributed by atoms with Gasteiger partial charge in [-0.15, -0.1) is 0 Å². The van der Waals surface area contributed by atoms with E-state index in [9.17, 15) is 15.2 Å². The van der Waals surface area contributed by atoms with Crippen molar-refractivity contribution in [2.45, 2.75) is 26.0 Å². The van der Waals surface area contributed by atoms with Crippen molar-refractivity contribution in [1.82, 2.24) is 5.32 Å². The normalized spacial score (nSPS) is 12.4. The second-order valence-electron chi connectivity index (χ2n) is 3.62. The maximum absolute atomic E-state index is 10.4. The molecular weight excluding hydrogens is 208 g/mol. The number of aliphatic hydroxyl groups excluding tert-OH is 1. The summed E-state index contributed by atoms with van der Waals surface area (Å²) in [6.07, 6.45) is 0.380. The minimum atomic E-state index is -0.419. The van der Waals surface area contributed by atoms with Crippen molar-refractivity contribution in [2.24, 2.45) is 0 Å². The molecule has 0 aliphatic carbocycles. The summed E-state index contributed by atoms with van der Waals surface area (Å²) in [5.74, 6) is 0. The number of aliphatic hydroxyl groups is 1. The van der Waals surface area contributed by atoms with Crippen LogP contribution < -0.4 is 5.32 Å². The fraction of sp³-hybridized carbons (Fsp3) is 0.455. The van der Waals surface area contributed by atoms with Gasteiger partial charge in [-0.2, -0.15) is 0 Å². The van der Waals surface area contributed by atoms with Crippen LogP contribution in [-0.4, -0.2) is 22.7 Å². The molecule has 0 fully saturated rings. The van der Waals surface area contributed by atoms with Gasteiger partial charge in [-0.1, -0.05) is 19.1 Å². The van der Waals surface area contributed by atoms with Crippen LogP contribution in [0.5, 0.6) is 0 Å². The molecule has 0 spiro atoms. The second kappa shape index (κ2) is 6.19. The van der Waals surface area contributed by atoms with Crippen molar-refractivity contribution in [2.75, 3.05) is 6.54 Å². The van der Waals surface area contributed by atoms with Gasteiger partial charge in [0.25, 0.3) is 5.69 Å². The molecule has 0 aromatic heterocycles. The third-order valence-electron chi connectivity index (χ3n) is 2.33. The molecule has 1 atom stereocenters. The molecule has 16 heavy (non-hydrogen) atoms. The van der Waals surface area contributed by atoms with Gasteiger partial charge in [0.1, 0.15) is 0 Å². The molecule has 0 saturated carbocycles. The predicted octanol–water partition coefficient (Wildman–Crippen LogP) is 1.46. The lowest BCUT2D eigenvalue weighted by Crippen LogP contribution is -2.25. The number of non-ortho nitro benzene ring substituents is 1. The van der Waals surface area contributed by atoms with Crippen LogP contribution in [-0.2, 0) is 6.54 Å². The van der Waals surface area contributed by atoms with Gasteiger partial charge >= 0.3 is 0 Å². The minimum absolute atomic E-state index is 0.0948. The van der Waals surface area contributed by atoms with Gasteiger partial charge in [-0.25, -0.2) is 0 Å². The highest BCUT2D eigenvalue weighted by atomic mass is 16.6. The quantitative estimate of drug-likeness (QED) is 0.566. The standard InChI is InChI=1S/C11H16N2O3/c1-2-11(14)8-12-7-9-3-5-10(6-4-9)13(15)16/h3-6,11-12,14H,2,7-8H2,1H3. The summed E-state index contributed by atoms with van der Waals surface area (Å²) < 4.78 is 0. The predicted molar refractivity (Wildman–Crippen MR) is 61.1 cm³/mol. The molecule has 0 aliphatic heterocycles. The lowest BCUT2D eigenvalue weighted by Gasteiger charge is -2.08. The SMILES string of the molecule is CCC(O)CNCc1ccc([N+](=O)[O-])cc1. The maximum Gasteiger partial charge on any atom is 0.269 e. The van der Waals surface area contributed by atoms with E-state index in [1.807, 2.05) is 6.92 Å². The van der Waals surface area contributed by atoms with E-state index in [-0.39, 0.29) is 11.8 Å². The molecule has 0 bridgehead atoms. The lowest BCUT2D eigenvalue weighted by atomic mass is 10.2. The van der Waals surface area contributed by atoms with Gasteiger partial charge < -0.3 is 10.4 Å². The molecule has 1 rings (SSSR count). The van der Waals surface area contributed by atoms with E-state index in [0.29, 0.717) is 19.5 Å². The highest BCUT2D eigenvalue weighted by Gasteiger charge is 2.04. The largest absolute Gasteiger partial charge is 0.392 e. The van der Waals surface area contributed by atoms with Crippen molar-refractivity contribution in [3.63, 3.8) is 0 Å². The van der Waals surface area contributed by atoms with Crippen LogP contribution >= 0.6 is 0 Å². The van der Waals surface area contributed by atoms with E-state index in [0.717, 1.165) is 5.56 Å². The zero-order valence-corrected chi connectivity index (χ0v) is 9.22. The minimum Gasteiger partial charge on any atom is -0.392 e. The molecule has 1 unspecified atom stereocenters. The van der Waals surface area contributed by atoms with Crippen molar-refractivity contribution < 1.29 is 10.0 Å². The van der Waals surface area contributed by atoms with Crippen molar-refractivity contribution in [1.29, 1.82) is 0 Å². The summed E-state index contributed by atoms with van der Waals surface area (Å²) in [7, 11) is 0. The first-order valence-corrected chi connectivity index (χ1v) is 5.25. The van der Waals surface area contributed by atoms with Gasteiger partial charge in [-0.05, 0) is 12.0 Å². The molecule has 0 aliphatic rings. The van der Waals surface area contributed by atoms with E-state index < -0.39 is 4.92 Å². The molecule has 5 heteroatoms. The highest BCUT2D eigenvalue weighted by molar-refractivity contribution is 5.32. The zero-order chi connectivity index (χ0) is 12.0. The average molecular weight is 224 g/mol. The highest BCUT2D eigenvalue weighted by Crippen LogP contribution is 2.11. The number of hydrogen-bond acceptors (Lipinski definition) is 4. The van der Waals surface area contributed by atoms with Gasteiger partial charge in [0.15, 0.2) is 0 Å². The molecule has 0 heterocycles. The lowest BCUT2D eigenvalue weighted by molar-refractivity contribution is -0.384. The molecule has 88 valence electrons. The van der Waals surface area contributed by atoms with Crippen molar-refractivity contribution >= 4 is 5.69 Å². The zero-order valence-electron chi connectivity index (χ0n) is 9.22. The number of nitrogens with zero attached hydrogens (tertiary/aromatic N) is 1. The van der Waals surface area contributed by atoms with Crippen LogP contribution in [0.25, 0.3) is 0 Å². The van der Waals surface area contributed by atoms with Crippen LogP contribution in [0.1, 0.15) is 18.9 Å². The molecule has 0 saturated heterocycles. The Morgan fingerprint density at radius 3 is 2.56 bits per heavy atom. The summed E-state index contributed by atoms with van der Waals surface area (Å²) >= 11 is 0. The van der Waals surface area contributed by atoms with Crippen molar-refractivity contribution in [3.8, 4) is 0 Å². The number of nitro groups is 1. The Labute approximate surface area is 94.3 Å². The summed E-state index contributed by atoms with van der Waals surface area (Å²) in [5, 5.41) is 22.8. The van der Waals surface area contributed by atoms with E-state index in [1.165, 1.54) is 12.1 Å². The number of rotatable bonds is 6. The van der Waals surface area contributed by atoms with Crippen LogP contribution in [0.15, 0.2) is 24.3 Å². The summed E-state index contributed by atoms with van der Waals surface area (Å²) in [6.45, 7) is 3.06. The van der Waals surface area contributed by atoms with E-state index >= 15 is 0 Å². The molecule has 5 nitrogen and oxygen atoms in total. The van der Waals surface area contributed by atoms with Gasteiger partial charge in [0, 0.05) is 25.2 Å². The van der Waals surface area contributed by atoms with Crippen LogP contribution in [0, 0.1) is 10.1 Å². The van der Waals surface area contributed by atoms with Crippen LogP contribution in [0.3, 0.4) is 0 Å². The molecular formula is C11H16N2O3. The first kappa shape index (κ1) is 12.6. The fourth-order valence-electron chi connectivity index (χ4n) is 1.26. The third-order valence-corrected chi connectivity index (χ3v) is 2.33. The van der Waals surface area contributed by atoms with E-state index in [2.05, 4.69) is 5.32 Å². The number of benzene rings is 1. The second-order valence-corrected chi connectivity index (χ2v) is 3.62. The maximum atomic E-state index is 10.4. The Bertz CT molecular complexity index is 338. The first-order chi connectivity index (χ1) is 7.63. The third kappa shape index (κ3) is 3.96. The molecule has 1 aromatic carbocycles. The van der Waals surface area contributed by atoms with Crippen LogP contribution in [0.2, 0.25) is 0 Å². The monoisotopic (exact) mass is 224 g/mol. The number of nitrogens with one attached hydrogen (secondary N) is 1. The summed E-state index contributed by atoms with van der Waals surface area (Å²) in [4.78, 5) is 9.99. The molecule has 1 aromatic rings. The number of hydrogen-bond donors (Lipinski definition) is 2. The Kier molecular flexibility index (Phi) is 4.88. The fourth-order valence-corrected chi connectivity index (χ4v) is 1.26. The van der Waals surface area contributed by atoms with Gasteiger partial charge in [0.2, 0.25) is 0 Å². The smallest absolute Gasteiger partial charge is 0.269 e. The van der Waals surface area contributed by atoms with E-state index in [4.69, 9.17) is 0 Å². The first-order valence-electron chi connectivity index (χ1n) is 5.25. The average Bonchev–Trinajstić information content (AvgIpc) is 2.29.